The van der Waals surface area contributed by atoms with Crippen molar-refractivity contribution in [3.63, 3.8) is 0 Å². The molecule has 2 amide bonds. The number of hydrogen-bond acceptors (Lipinski definition) is 5. The standard InChI is InChI=1S/C23H20F3N5O3/c1-13-18(20(32)34-3)19(15-9-7-14(12-27)8-10-15)31(22(33)29-2)21(28)30(13)17-6-4-5-16(11-17)23(24,25)26/h4-11,19,28H,1-3H3,(H,29,33). The number of allylic oxidation sites excluding steroid dienone is 1. The molecule has 2 N–H and O–H groups in total. The van der Waals surface area contributed by atoms with Gasteiger partial charge in [0.1, 0.15) is 6.04 Å². The summed E-state index contributed by atoms with van der Waals surface area (Å²) in [6.07, 6.45) is -4.64. The molecule has 1 aliphatic rings. The Labute approximate surface area is 193 Å². The first kappa shape index (κ1) is 24.3. The molecule has 0 fully saturated rings. The summed E-state index contributed by atoms with van der Waals surface area (Å²) in [6, 6.07) is 10.3. The highest BCUT2D eigenvalue weighted by molar-refractivity contribution is 6.10. The van der Waals surface area contributed by atoms with Crippen LogP contribution in [0.5, 0.6) is 0 Å². The fourth-order valence-corrected chi connectivity index (χ4v) is 3.73. The van der Waals surface area contributed by atoms with Crippen molar-refractivity contribution in [2.45, 2.75) is 19.1 Å². The van der Waals surface area contributed by atoms with Gasteiger partial charge in [-0.3, -0.25) is 15.2 Å². The van der Waals surface area contributed by atoms with E-state index in [0.717, 1.165) is 29.0 Å². The Morgan fingerprint density at radius 3 is 2.35 bits per heavy atom. The lowest BCUT2D eigenvalue weighted by molar-refractivity contribution is -0.138. The number of ether oxygens (including phenoxy) is 1. The van der Waals surface area contributed by atoms with Gasteiger partial charge in [0.25, 0.3) is 0 Å². The third-order valence-electron chi connectivity index (χ3n) is 5.32. The summed E-state index contributed by atoms with van der Waals surface area (Å²) < 4.78 is 44.9. The van der Waals surface area contributed by atoms with Gasteiger partial charge in [-0.25, -0.2) is 9.59 Å². The Balaban J connectivity index is 2.30. The van der Waals surface area contributed by atoms with Crippen molar-refractivity contribution in [2.24, 2.45) is 0 Å². The van der Waals surface area contributed by atoms with Gasteiger partial charge < -0.3 is 10.1 Å². The smallest absolute Gasteiger partial charge is 0.416 e. The number of nitriles is 1. The molecule has 8 nitrogen and oxygen atoms in total. The summed E-state index contributed by atoms with van der Waals surface area (Å²) >= 11 is 0. The van der Waals surface area contributed by atoms with E-state index in [0.29, 0.717) is 11.1 Å². The molecule has 176 valence electrons. The molecule has 1 aliphatic heterocycles. The Morgan fingerprint density at radius 2 is 1.82 bits per heavy atom. The van der Waals surface area contributed by atoms with E-state index in [1.165, 1.54) is 50.4 Å². The number of anilines is 1. The first-order chi connectivity index (χ1) is 16.0. The van der Waals surface area contributed by atoms with Gasteiger partial charge in [-0.15, -0.1) is 0 Å². The van der Waals surface area contributed by atoms with Crippen molar-refractivity contribution in [3.8, 4) is 6.07 Å². The van der Waals surface area contributed by atoms with Gasteiger partial charge in [-0.1, -0.05) is 18.2 Å². The average Bonchev–Trinajstić information content (AvgIpc) is 2.82. The molecule has 34 heavy (non-hydrogen) atoms. The fourth-order valence-electron chi connectivity index (χ4n) is 3.73. The number of benzene rings is 2. The van der Waals surface area contributed by atoms with Gasteiger partial charge in [0, 0.05) is 18.4 Å². The third-order valence-corrected chi connectivity index (χ3v) is 5.32. The minimum atomic E-state index is -4.64. The molecule has 0 bridgehead atoms. The van der Waals surface area contributed by atoms with Crippen LogP contribution in [0.3, 0.4) is 0 Å². The molecular weight excluding hydrogens is 451 g/mol. The number of urea groups is 1. The largest absolute Gasteiger partial charge is 0.466 e. The minimum absolute atomic E-state index is 0.0516. The van der Waals surface area contributed by atoms with Gasteiger partial charge in [-0.05, 0) is 42.8 Å². The first-order valence-corrected chi connectivity index (χ1v) is 9.91. The molecule has 0 spiro atoms. The number of halogens is 3. The third kappa shape index (κ3) is 4.30. The van der Waals surface area contributed by atoms with Crippen LogP contribution in [0.2, 0.25) is 0 Å². The van der Waals surface area contributed by atoms with E-state index in [9.17, 15) is 22.8 Å². The van der Waals surface area contributed by atoms with Crippen molar-refractivity contribution in [3.05, 3.63) is 76.5 Å². The monoisotopic (exact) mass is 471 g/mol. The second-order valence-electron chi connectivity index (χ2n) is 7.26. The summed E-state index contributed by atoms with van der Waals surface area (Å²) in [4.78, 5) is 27.8. The molecule has 1 unspecified atom stereocenters. The molecular formula is C23H20F3N5O3. The predicted octanol–water partition coefficient (Wildman–Crippen LogP) is 4.16. The van der Waals surface area contributed by atoms with E-state index >= 15 is 0 Å². The van der Waals surface area contributed by atoms with Gasteiger partial charge in [0.15, 0.2) is 0 Å². The Morgan fingerprint density at radius 1 is 1.18 bits per heavy atom. The quantitative estimate of drug-likeness (QED) is 0.654. The zero-order valence-corrected chi connectivity index (χ0v) is 18.4. The van der Waals surface area contributed by atoms with E-state index < -0.39 is 35.7 Å². The summed E-state index contributed by atoms with van der Waals surface area (Å²) in [6.45, 7) is 1.46. The number of nitrogens with zero attached hydrogens (tertiary/aromatic N) is 3. The maximum absolute atomic E-state index is 13.3. The highest BCUT2D eigenvalue weighted by Crippen LogP contribution is 2.41. The molecule has 3 rings (SSSR count). The number of carbonyl (C=O) groups excluding carboxylic acids is 2. The number of amides is 2. The molecule has 0 radical (unpaired) electrons. The normalized spacial score (nSPS) is 16.3. The van der Waals surface area contributed by atoms with Crippen LogP contribution in [0.25, 0.3) is 0 Å². The van der Waals surface area contributed by atoms with Gasteiger partial charge >= 0.3 is 18.2 Å². The summed E-state index contributed by atoms with van der Waals surface area (Å²) in [5, 5.41) is 20.2. The number of carbonyl (C=O) groups is 2. The van der Waals surface area contributed by atoms with Crippen molar-refractivity contribution in [2.75, 3.05) is 19.1 Å². The van der Waals surface area contributed by atoms with Crippen molar-refractivity contribution < 1.29 is 27.5 Å². The first-order valence-electron chi connectivity index (χ1n) is 9.91. The second kappa shape index (κ2) is 9.27. The number of nitrogens with one attached hydrogen (secondary N) is 2. The van der Waals surface area contributed by atoms with E-state index in [4.69, 9.17) is 15.4 Å². The number of guanidine groups is 1. The topological polar surface area (TPSA) is 110 Å². The summed E-state index contributed by atoms with van der Waals surface area (Å²) in [5.74, 6) is -1.30. The van der Waals surface area contributed by atoms with Crippen LogP contribution in [0.15, 0.2) is 59.8 Å². The number of hydrogen-bond donors (Lipinski definition) is 2. The zero-order chi connectivity index (χ0) is 25.2. The molecule has 0 aliphatic carbocycles. The van der Waals surface area contributed by atoms with Gasteiger partial charge in [-0.2, -0.15) is 18.4 Å². The van der Waals surface area contributed by atoms with Crippen LogP contribution in [0.4, 0.5) is 23.7 Å². The Hall–Kier alpha value is -4.33. The van der Waals surface area contributed by atoms with E-state index in [-0.39, 0.29) is 17.0 Å². The Bertz CT molecular complexity index is 1220. The second-order valence-corrected chi connectivity index (χ2v) is 7.26. The van der Waals surface area contributed by atoms with Crippen LogP contribution in [-0.4, -0.2) is 37.0 Å². The predicted molar refractivity (Wildman–Crippen MR) is 117 cm³/mol. The molecule has 2 aromatic rings. The van der Waals surface area contributed by atoms with Crippen LogP contribution in [0.1, 0.15) is 29.7 Å². The highest BCUT2D eigenvalue weighted by atomic mass is 19.4. The summed E-state index contributed by atoms with van der Waals surface area (Å²) in [7, 11) is 2.46. The molecule has 0 saturated carbocycles. The number of methoxy groups -OCH3 is 1. The maximum atomic E-state index is 13.3. The Kier molecular flexibility index (Phi) is 6.63. The van der Waals surface area contributed by atoms with Gasteiger partial charge in [0.2, 0.25) is 5.96 Å². The van der Waals surface area contributed by atoms with Crippen LogP contribution < -0.4 is 10.2 Å². The van der Waals surface area contributed by atoms with E-state index in [1.54, 1.807) is 0 Å². The zero-order valence-electron chi connectivity index (χ0n) is 18.4. The average molecular weight is 471 g/mol. The van der Waals surface area contributed by atoms with Crippen LogP contribution in [-0.2, 0) is 15.7 Å². The lowest BCUT2D eigenvalue weighted by Gasteiger charge is -2.43. The number of esters is 1. The van der Waals surface area contributed by atoms with E-state index in [1.807, 2.05) is 6.07 Å². The maximum Gasteiger partial charge on any atom is 0.416 e. The molecule has 11 heteroatoms. The van der Waals surface area contributed by atoms with Crippen molar-refractivity contribution in [1.82, 2.24) is 10.2 Å². The SMILES string of the molecule is CNC(=O)N1C(=N)N(c2cccc(C(F)(F)F)c2)C(C)=C(C(=O)OC)C1c1ccc(C#N)cc1. The lowest BCUT2D eigenvalue weighted by atomic mass is 9.92. The van der Waals surface area contributed by atoms with E-state index in [2.05, 4.69) is 5.32 Å². The fraction of sp³-hybridized carbons (Fsp3) is 0.217. The summed E-state index contributed by atoms with van der Waals surface area (Å²) in [5.41, 5.74) is -0.213. The molecule has 2 aromatic carbocycles. The van der Waals surface area contributed by atoms with Crippen LogP contribution >= 0.6 is 0 Å². The highest BCUT2D eigenvalue weighted by Gasteiger charge is 2.44. The molecule has 1 heterocycles. The minimum Gasteiger partial charge on any atom is -0.466 e. The number of rotatable bonds is 3. The molecule has 0 aromatic heterocycles. The van der Waals surface area contributed by atoms with Gasteiger partial charge in [0.05, 0.1) is 29.9 Å². The van der Waals surface area contributed by atoms with Crippen LogP contribution in [0, 0.1) is 16.7 Å². The molecule has 1 atom stereocenters. The van der Waals surface area contributed by atoms with Crippen molar-refractivity contribution >= 4 is 23.6 Å². The van der Waals surface area contributed by atoms with Crippen molar-refractivity contribution in [1.29, 1.82) is 10.7 Å². The lowest BCUT2D eigenvalue weighted by Crippen LogP contribution is -2.56. The number of alkyl halides is 3. The molecule has 0 saturated heterocycles.